The molecule has 1 atom stereocenters. The molecule has 0 fully saturated rings. The summed E-state index contributed by atoms with van der Waals surface area (Å²) >= 11 is 1.20. The van der Waals surface area contributed by atoms with Gasteiger partial charge in [0.05, 0.1) is 18.1 Å². The second-order valence-electron chi connectivity index (χ2n) is 3.49. The number of carboxylic acids is 1. The molecule has 0 aliphatic carbocycles. The first-order valence-electron chi connectivity index (χ1n) is 5.09. The van der Waals surface area contributed by atoms with Gasteiger partial charge in [-0.05, 0) is 19.1 Å². The highest BCUT2D eigenvalue weighted by Gasteiger charge is 2.15. The highest BCUT2D eigenvalue weighted by Crippen LogP contribution is 2.24. The Balaban J connectivity index is 2.16. The van der Waals surface area contributed by atoms with Crippen LogP contribution in [0.25, 0.3) is 0 Å². The van der Waals surface area contributed by atoms with E-state index in [-0.39, 0.29) is 11.8 Å². The zero-order valence-electron chi connectivity index (χ0n) is 9.24. The maximum atomic E-state index is 10.5. The van der Waals surface area contributed by atoms with Gasteiger partial charge in [-0.15, -0.1) is 0 Å². The Morgan fingerprint density at radius 1 is 1.71 bits per heavy atom. The molecule has 0 saturated heterocycles. The third kappa shape index (κ3) is 2.71. The lowest BCUT2D eigenvalue weighted by Gasteiger charge is -2.13. The number of imidazole rings is 1. The fraction of sp³-hybridized carbons (Fsp3) is 0.273. The van der Waals surface area contributed by atoms with Gasteiger partial charge in [-0.2, -0.15) is 0 Å². The van der Waals surface area contributed by atoms with Crippen LogP contribution in [0.1, 0.15) is 18.7 Å². The number of furan rings is 1. The van der Waals surface area contributed by atoms with Gasteiger partial charge in [-0.1, -0.05) is 11.8 Å². The van der Waals surface area contributed by atoms with Crippen molar-refractivity contribution in [2.24, 2.45) is 0 Å². The molecule has 1 N–H and O–H groups in total. The SMILES string of the molecule is CC(c1ccco1)n1ccnc1SCC(=O)O. The lowest BCUT2D eigenvalue weighted by Crippen LogP contribution is -2.07. The van der Waals surface area contributed by atoms with Crippen LogP contribution in [-0.4, -0.2) is 26.4 Å². The zero-order chi connectivity index (χ0) is 12.3. The minimum atomic E-state index is -0.852. The summed E-state index contributed by atoms with van der Waals surface area (Å²) < 4.78 is 7.22. The molecule has 0 spiro atoms. The van der Waals surface area contributed by atoms with Crippen molar-refractivity contribution in [3.05, 3.63) is 36.5 Å². The molecule has 5 nitrogen and oxygen atoms in total. The molecular weight excluding hydrogens is 240 g/mol. The summed E-state index contributed by atoms with van der Waals surface area (Å²) in [5, 5.41) is 9.33. The fourth-order valence-electron chi connectivity index (χ4n) is 1.50. The van der Waals surface area contributed by atoms with E-state index in [1.807, 2.05) is 29.8 Å². The molecule has 6 heteroatoms. The molecular formula is C11H12N2O3S. The number of hydrogen-bond acceptors (Lipinski definition) is 4. The summed E-state index contributed by atoms with van der Waals surface area (Å²) in [6, 6.07) is 3.71. The van der Waals surface area contributed by atoms with E-state index in [2.05, 4.69) is 4.98 Å². The molecule has 2 rings (SSSR count). The summed E-state index contributed by atoms with van der Waals surface area (Å²) in [5.74, 6) is -0.0302. The van der Waals surface area contributed by atoms with Gasteiger partial charge in [0.15, 0.2) is 5.16 Å². The maximum absolute atomic E-state index is 10.5. The Bertz CT molecular complexity index is 493. The van der Waals surface area contributed by atoms with E-state index in [9.17, 15) is 4.79 Å². The molecule has 0 radical (unpaired) electrons. The van der Waals surface area contributed by atoms with Crippen molar-refractivity contribution in [2.45, 2.75) is 18.1 Å². The first-order valence-corrected chi connectivity index (χ1v) is 6.08. The summed E-state index contributed by atoms with van der Waals surface area (Å²) in [4.78, 5) is 14.7. The molecule has 0 aromatic carbocycles. The van der Waals surface area contributed by atoms with Gasteiger partial charge in [-0.3, -0.25) is 4.79 Å². The highest BCUT2D eigenvalue weighted by atomic mass is 32.2. The standard InChI is InChI=1S/C11H12N2O3S/c1-8(9-3-2-6-16-9)13-5-4-12-11(13)17-7-10(14)15/h2-6,8H,7H2,1H3,(H,14,15). The molecule has 0 amide bonds. The average molecular weight is 252 g/mol. The Hall–Kier alpha value is -1.69. The molecule has 0 aliphatic rings. The smallest absolute Gasteiger partial charge is 0.313 e. The molecule has 1 unspecified atom stereocenters. The normalized spacial score (nSPS) is 12.5. The Kier molecular flexibility index (Phi) is 3.53. The zero-order valence-corrected chi connectivity index (χ0v) is 10.1. The van der Waals surface area contributed by atoms with Crippen molar-refractivity contribution in [3.8, 4) is 0 Å². The predicted octanol–water partition coefficient (Wildman–Crippen LogP) is 2.26. The van der Waals surface area contributed by atoms with Crippen LogP contribution in [0.4, 0.5) is 0 Å². The number of aromatic nitrogens is 2. The Morgan fingerprint density at radius 3 is 3.18 bits per heavy atom. The van der Waals surface area contributed by atoms with Crippen LogP contribution in [0.3, 0.4) is 0 Å². The monoisotopic (exact) mass is 252 g/mol. The van der Waals surface area contributed by atoms with E-state index >= 15 is 0 Å². The van der Waals surface area contributed by atoms with Crippen LogP contribution in [0.2, 0.25) is 0 Å². The molecule has 90 valence electrons. The predicted molar refractivity (Wildman–Crippen MR) is 63.1 cm³/mol. The van der Waals surface area contributed by atoms with Crippen LogP contribution < -0.4 is 0 Å². The van der Waals surface area contributed by atoms with E-state index in [1.165, 1.54) is 11.8 Å². The van der Waals surface area contributed by atoms with Crippen molar-refractivity contribution in [3.63, 3.8) is 0 Å². The summed E-state index contributed by atoms with van der Waals surface area (Å²) in [6.45, 7) is 1.98. The number of carboxylic acid groups (broad SMARTS) is 1. The number of rotatable bonds is 5. The van der Waals surface area contributed by atoms with Gasteiger partial charge in [0, 0.05) is 12.4 Å². The summed E-state index contributed by atoms with van der Waals surface area (Å²) in [5.41, 5.74) is 0. The van der Waals surface area contributed by atoms with E-state index in [0.29, 0.717) is 5.16 Å². The molecule has 2 aromatic heterocycles. The van der Waals surface area contributed by atoms with Gasteiger partial charge in [0.1, 0.15) is 5.76 Å². The van der Waals surface area contributed by atoms with Crippen LogP contribution in [0, 0.1) is 0 Å². The average Bonchev–Trinajstić information content (AvgIpc) is 2.96. The Morgan fingerprint density at radius 2 is 2.53 bits per heavy atom. The second kappa shape index (κ2) is 5.09. The summed E-state index contributed by atoms with van der Waals surface area (Å²) in [7, 11) is 0. The third-order valence-electron chi connectivity index (χ3n) is 2.33. The van der Waals surface area contributed by atoms with Crippen LogP contribution >= 0.6 is 11.8 Å². The van der Waals surface area contributed by atoms with Crippen molar-refractivity contribution in [1.82, 2.24) is 9.55 Å². The number of thioether (sulfide) groups is 1. The van der Waals surface area contributed by atoms with E-state index in [4.69, 9.17) is 9.52 Å². The van der Waals surface area contributed by atoms with Gasteiger partial charge < -0.3 is 14.1 Å². The number of carbonyl (C=O) groups is 1. The van der Waals surface area contributed by atoms with Gasteiger partial charge >= 0.3 is 5.97 Å². The van der Waals surface area contributed by atoms with Crippen LogP contribution in [0.15, 0.2) is 40.4 Å². The summed E-state index contributed by atoms with van der Waals surface area (Å²) in [6.07, 6.45) is 5.09. The molecule has 0 saturated carbocycles. The van der Waals surface area contributed by atoms with Gasteiger partial charge in [0.2, 0.25) is 0 Å². The molecule has 2 heterocycles. The lowest BCUT2D eigenvalue weighted by atomic mass is 10.2. The number of aliphatic carboxylic acids is 1. The fourth-order valence-corrected chi connectivity index (χ4v) is 2.25. The highest BCUT2D eigenvalue weighted by molar-refractivity contribution is 7.99. The number of nitrogens with zero attached hydrogens (tertiary/aromatic N) is 2. The Labute approximate surface area is 102 Å². The van der Waals surface area contributed by atoms with E-state index in [0.717, 1.165) is 5.76 Å². The molecule has 0 bridgehead atoms. The van der Waals surface area contributed by atoms with Crippen molar-refractivity contribution < 1.29 is 14.3 Å². The van der Waals surface area contributed by atoms with Crippen molar-refractivity contribution >= 4 is 17.7 Å². The molecule has 17 heavy (non-hydrogen) atoms. The lowest BCUT2D eigenvalue weighted by molar-refractivity contribution is -0.133. The minimum Gasteiger partial charge on any atom is -0.481 e. The largest absolute Gasteiger partial charge is 0.481 e. The molecule has 0 aliphatic heterocycles. The minimum absolute atomic E-state index is 0.00187. The number of hydrogen-bond donors (Lipinski definition) is 1. The van der Waals surface area contributed by atoms with Gasteiger partial charge in [-0.25, -0.2) is 4.98 Å². The first kappa shape index (κ1) is 11.8. The van der Waals surface area contributed by atoms with E-state index < -0.39 is 5.97 Å². The van der Waals surface area contributed by atoms with Gasteiger partial charge in [0.25, 0.3) is 0 Å². The van der Waals surface area contributed by atoms with Crippen LogP contribution in [-0.2, 0) is 4.79 Å². The maximum Gasteiger partial charge on any atom is 0.313 e. The third-order valence-corrected chi connectivity index (χ3v) is 3.30. The quantitative estimate of drug-likeness (QED) is 0.827. The van der Waals surface area contributed by atoms with Crippen LogP contribution in [0.5, 0.6) is 0 Å². The van der Waals surface area contributed by atoms with Crippen molar-refractivity contribution in [1.29, 1.82) is 0 Å². The molecule has 2 aromatic rings. The first-order chi connectivity index (χ1) is 8.18. The second-order valence-corrected chi connectivity index (χ2v) is 4.43. The van der Waals surface area contributed by atoms with Crippen molar-refractivity contribution in [2.75, 3.05) is 5.75 Å². The topological polar surface area (TPSA) is 68.3 Å². The van der Waals surface area contributed by atoms with E-state index in [1.54, 1.807) is 12.5 Å².